The van der Waals surface area contributed by atoms with E-state index in [0.29, 0.717) is 29.9 Å². The van der Waals surface area contributed by atoms with Gasteiger partial charge in [0.2, 0.25) is 0 Å². The maximum Gasteiger partial charge on any atom is 0.319 e. The highest BCUT2D eigenvalue weighted by molar-refractivity contribution is 8.00. The molecule has 148 valence electrons. The summed E-state index contributed by atoms with van der Waals surface area (Å²) in [6.45, 7) is 9.13. The van der Waals surface area contributed by atoms with Crippen LogP contribution in [-0.4, -0.2) is 39.7 Å². The molecule has 1 atom stereocenters. The van der Waals surface area contributed by atoms with Gasteiger partial charge in [-0.1, -0.05) is 31.7 Å². The molecule has 7 nitrogen and oxygen atoms in total. The lowest BCUT2D eigenvalue weighted by Crippen LogP contribution is -2.26. The van der Waals surface area contributed by atoms with Gasteiger partial charge in [0.05, 0.1) is 13.7 Å². The van der Waals surface area contributed by atoms with Crippen LogP contribution in [-0.2, 0) is 22.7 Å². The zero-order chi connectivity index (χ0) is 19.8. The van der Waals surface area contributed by atoms with E-state index in [9.17, 15) is 4.79 Å². The van der Waals surface area contributed by atoms with Crippen molar-refractivity contribution in [2.45, 2.75) is 51.3 Å². The third-order valence-electron chi connectivity index (χ3n) is 3.88. The highest BCUT2D eigenvalue weighted by Gasteiger charge is 2.27. The second kappa shape index (κ2) is 10.2. The molecule has 2 aromatic rings. The first kappa shape index (κ1) is 21.1. The molecule has 0 aliphatic rings. The van der Waals surface area contributed by atoms with E-state index in [-0.39, 0.29) is 23.7 Å². The quantitative estimate of drug-likeness (QED) is 0.451. The molecule has 8 heteroatoms. The van der Waals surface area contributed by atoms with Gasteiger partial charge in [0, 0.05) is 12.6 Å². The summed E-state index contributed by atoms with van der Waals surface area (Å²) < 4.78 is 18.2. The Kier molecular flexibility index (Phi) is 7.97. The lowest BCUT2D eigenvalue weighted by Gasteiger charge is -2.18. The maximum absolute atomic E-state index is 12.2. The van der Waals surface area contributed by atoms with Crippen molar-refractivity contribution in [1.29, 1.82) is 0 Å². The monoisotopic (exact) mass is 393 g/mol. The topological polar surface area (TPSA) is 75.5 Å². The van der Waals surface area contributed by atoms with Crippen LogP contribution in [0.1, 0.15) is 33.5 Å². The number of carbonyl (C=O) groups excluding carboxylic acids is 1. The van der Waals surface area contributed by atoms with Gasteiger partial charge in [-0.2, -0.15) is 0 Å². The van der Waals surface area contributed by atoms with Crippen LogP contribution in [0.2, 0.25) is 0 Å². The number of hydrogen-bond donors (Lipinski definition) is 0. The molecule has 0 spiro atoms. The number of thioether (sulfide) groups is 1. The Bertz CT molecular complexity index is 748. The number of ether oxygens (including phenoxy) is 3. The Morgan fingerprint density at radius 1 is 1.22 bits per heavy atom. The standard InChI is InChI=1S/C19H27N3O4S/c1-6-22-16(12-26-15-10-8-9-14(11-15)24-5)20-21-19(22)27-17(13(3)4)18(23)25-7-2/h8-11,13,17H,6-7,12H2,1-5H3/t17-/m0/s1. The van der Waals surface area contributed by atoms with Crippen LogP contribution in [0.4, 0.5) is 0 Å². The third kappa shape index (κ3) is 5.63. The summed E-state index contributed by atoms with van der Waals surface area (Å²) in [5.41, 5.74) is 0. The van der Waals surface area contributed by atoms with Gasteiger partial charge >= 0.3 is 5.97 Å². The van der Waals surface area contributed by atoms with E-state index < -0.39 is 0 Å². The summed E-state index contributed by atoms with van der Waals surface area (Å²) in [5.74, 6) is 2.02. The number of esters is 1. The lowest BCUT2D eigenvalue weighted by atomic mass is 10.1. The molecule has 1 aromatic heterocycles. The first-order chi connectivity index (χ1) is 13.0. The smallest absolute Gasteiger partial charge is 0.319 e. The molecule has 0 N–H and O–H groups in total. The average Bonchev–Trinajstić information content (AvgIpc) is 3.06. The predicted molar refractivity (Wildman–Crippen MR) is 104 cm³/mol. The van der Waals surface area contributed by atoms with Crippen molar-refractivity contribution in [2.24, 2.45) is 5.92 Å². The average molecular weight is 394 g/mol. The van der Waals surface area contributed by atoms with Gasteiger partial charge in [0.15, 0.2) is 11.0 Å². The summed E-state index contributed by atoms with van der Waals surface area (Å²) in [6, 6.07) is 7.41. The van der Waals surface area contributed by atoms with Crippen LogP contribution in [0.5, 0.6) is 11.5 Å². The fourth-order valence-electron chi connectivity index (χ4n) is 2.46. The molecular formula is C19H27N3O4S. The molecule has 0 aliphatic carbocycles. The van der Waals surface area contributed by atoms with Crippen LogP contribution in [0, 0.1) is 5.92 Å². The van der Waals surface area contributed by atoms with Crippen molar-refractivity contribution in [3.8, 4) is 11.5 Å². The normalized spacial score (nSPS) is 12.1. The lowest BCUT2D eigenvalue weighted by molar-refractivity contribution is -0.143. The van der Waals surface area contributed by atoms with Crippen LogP contribution in [0.25, 0.3) is 0 Å². The van der Waals surface area contributed by atoms with Gasteiger partial charge in [-0.3, -0.25) is 4.79 Å². The van der Waals surface area contributed by atoms with Gasteiger partial charge in [0.25, 0.3) is 0 Å². The number of hydrogen-bond acceptors (Lipinski definition) is 7. The van der Waals surface area contributed by atoms with Crippen molar-refractivity contribution in [3.05, 3.63) is 30.1 Å². The van der Waals surface area contributed by atoms with E-state index in [0.717, 1.165) is 5.75 Å². The number of benzene rings is 1. The first-order valence-corrected chi connectivity index (χ1v) is 9.90. The molecule has 0 saturated carbocycles. The Morgan fingerprint density at radius 3 is 2.59 bits per heavy atom. The molecule has 2 rings (SSSR count). The SMILES string of the molecule is CCOC(=O)[C@@H](Sc1nnc(COc2cccc(OC)c2)n1CC)C(C)C. The molecule has 1 heterocycles. The van der Waals surface area contributed by atoms with E-state index in [1.165, 1.54) is 11.8 Å². The zero-order valence-corrected chi connectivity index (χ0v) is 17.3. The summed E-state index contributed by atoms with van der Waals surface area (Å²) >= 11 is 1.38. The summed E-state index contributed by atoms with van der Waals surface area (Å²) in [5, 5.41) is 8.87. The van der Waals surface area contributed by atoms with Crippen LogP contribution >= 0.6 is 11.8 Å². The van der Waals surface area contributed by atoms with Gasteiger partial charge in [0.1, 0.15) is 23.4 Å². The molecular weight excluding hydrogens is 366 g/mol. The van der Waals surface area contributed by atoms with E-state index in [2.05, 4.69) is 10.2 Å². The number of nitrogens with zero attached hydrogens (tertiary/aromatic N) is 3. The van der Waals surface area contributed by atoms with Crippen molar-refractivity contribution >= 4 is 17.7 Å². The highest BCUT2D eigenvalue weighted by Crippen LogP contribution is 2.29. The zero-order valence-electron chi connectivity index (χ0n) is 16.5. The molecule has 0 radical (unpaired) electrons. The van der Waals surface area contributed by atoms with Crippen LogP contribution in [0.15, 0.2) is 29.4 Å². The molecule has 0 saturated heterocycles. The Labute approximate surface area is 164 Å². The van der Waals surface area contributed by atoms with Crippen molar-refractivity contribution < 1.29 is 19.0 Å². The molecule has 0 bridgehead atoms. The predicted octanol–water partition coefficient (Wildman–Crippen LogP) is 3.57. The number of rotatable bonds is 10. The Morgan fingerprint density at radius 2 is 1.96 bits per heavy atom. The maximum atomic E-state index is 12.2. The number of aromatic nitrogens is 3. The van der Waals surface area contributed by atoms with Crippen molar-refractivity contribution in [1.82, 2.24) is 14.8 Å². The number of carbonyl (C=O) groups is 1. The molecule has 27 heavy (non-hydrogen) atoms. The van der Waals surface area contributed by atoms with Gasteiger partial charge in [-0.15, -0.1) is 10.2 Å². The van der Waals surface area contributed by atoms with Gasteiger partial charge in [-0.25, -0.2) is 0 Å². The third-order valence-corrected chi connectivity index (χ3v) is 5.38. The second-order valence-electron chi connectivity index (χ2n) is 6.15. The molecule has 0 fully saturated rings. The van der Waals surface area contributed by atoms with Crippen molar-refractivity contribution in [3.63, 3.8) is 0 Å². The molecule has 1 aromatic carbocycles. The highest BCUT2D eigenvalue weighted by atomic mass is 32.2. The summed E-state index contributed by atoms with van der Waals surface area (Å²) in [6.07, 6.45) is 0. The summed E-state index contributed by atoms with van der Waals surface area (Å²) in [4.78, 5) is 12.2. The van der Waals surface area contributed by atoms with Crippen LogP contribution < -0.4 is 9.47 Å². The van der Waals surface area contributed by atoms with Gasteiger partial charge < -0.3 is 18.8 Å². The minimum Gasteiger partial charge on any atom is -0.497 e. The van der Waals surface area contributed by atoms with E-state index in [1.54, 1.807) is 7.11 Å². The fraction of sp³-hybridized carbons (Fsp3) is 0.526. The van der Waals surface area contributed by atoms with E-state index in [4.69, 9.17) is 14.2 Å². The number of methoxy groups -OCH3 is 1. The Balaban J connectivity index is 2.11. The largest absolute Gasteiger partial charge is 0.497 e. The minimum atomic E-state index is -0.327. The van der Waals surface area contributed by atoms with Gasteiger partial charge in [-0.05, 0) is 31.9 Å². The fourth-order valence-corrected chi connectivity index (χ4v) is 3.58. The molecule has 0 aliphatic heterocycles. The van der Waals surface area contributed by atoms with Crippen molar-refractivity contribution in [2.75, 3.05) is 13.7 Å². The summed E-state index contributed by atoms with van der Waals surface area (Å²) in [7, 11) is 1.62. The van der Waals surface area contributed by atoms with E-state index >= 15 is 0 Å². The second-order valence-corrected chi connectivity index (χ2v) is 7.25. The molecule has 0 unspecified atom stereocenters. The van der Waals surface area contributed by atoms with Crippen LogP contribution in [0.3, 0.4) is 0 Å². The Hall–Kier alpha value is -2.22. The minimum absolute atomic E-state index is 0.118. The first-order valence-electron chi connectivity index (χ1n) is 9.02. The van der Waals surface area contributed by atoms with E-state index in [1.807, 2.05) is 56.5 Å². The molecule has 0 amide bonds.